The first-order chi connectivity index (χ1) is 13.2. The molecule has 0 spiro atoms. The van der Waals surface area contributed by atoms with Gasteiger partial charge in [-0.15, -0.1) is 0 Å². The molecule has 0 bridgehead atoms. The highest BCUT2D eigenvalue weighted by atomic mass is 16.3. The largest absolute Gasteiger partial charge is 0.463 e. The number of benzene rings is 2. The van der Waals surface area contributed by atoms with E-state index in [9.17, 15) is 9.59 Å². The Bertz CT molecular complexity index is 947. The minimum atomic E-state index is -0.550. The van der Waals surface area contributed by atoms with Gasteiger partial charge in [-0.25, -0.2) is 5.43 Å². The second-order valence-electron chi connectivity index (χ2n) is 5.50. The number of rotatable bonds is 6. The van der Waals surface area contributed by atoms with Crippen LogP contribution >= 0.6 is 0 Å². The van der Waals surface area contributed by atoms with Crippen LogP contribution in [0.3, 0.4) is 0 Å². The molecule has 0 radical (unpaired) electrons. The molecule has 1 heterocycles. The Labute approximate surface area is 156 Å². The summed E-state index contributed by atoms with van der Waals surface area (Å²) in [6.07, 6.45) is 4.46. The summed E-state index contributed by atoms with van der Waals surface area (Å²) in [4.78, 5) is 24.9. The highest BCUT2D eigenvalue weighted by molar-refractivity contribution is 6.05. The van der Waals surface area contributed by atoms with Crippen LogP contribution in [-0.2, 0) is 4.79 Å². The van der Waals surface area contributed by atoms with Crippen LogP contribution in [0, 0.1) is 0 Å². The first kappa shape index (κ1) is 17.9. The predicted octanol–water partition coefficient (Wildman–Crippen LogP) is 3.20. The zero-order chi connectivity index (χ0) is 18.9. The molecule has 6 heteroatoms. The van der Waals surface area contributed by atoms with Crippen LogP contribution in [0.1, 0.15) is 21.7 Å². The summed E-state index contributed by atoms with van der Waals surface area (Å²) in [5.41, 5.74) is 3.68. The van der Waals surface area contributed by atoms with Gasteiger partial charge in [0, 0.05) is 5.56 Å². The number of furan rings is 1. The number of hydrazone groups is 1. The van der Waals surface area contributed by atoms with Gasteiger partial charge in [0.05, 0.1) is 12.5 Å². The fraction of sp³-hybridized carbons (Fsp3) is 0. The summed E-state index contributed by atoms with van der Waals surface area (Å²) in [5, 5.41) is 6.48. The summed E-state index contributed by atoms with van der Waals surface area (Å²) in [7, 11) is 0. The van der Waals surface area contributed by atoms with Crippen molar-refractivity contribution in [2.45, 2.75) is 0 Å². The van der Waals surface area contributed by atoms with Gasteiger partial charge in [0.1, 0.15) is 11.5 Å². The van der Waals surface area contributed by atoms with Crippen LogP contribution in [0.2, 0.25) is 0 Å². The van der Waals surface area contributed by atoms with Gasteiger partial charge >= 0.3 is 0 Å². The molecule has 2 aromatic carbocycles. The lowest BCUT2D eigenvalue weighted by Crippen LogP contribution is -2.32. The fourth-order valence-electron chi connectivity index (χ4n) is 2.24. The van der Waals surface area contributed by atoms with E-state index < -0.39 is 5.91 Å². The van der Waals surface area contributed by atoms with E-state index >= 15 is 0 Å². The van der Waals surface area contributed by atoms with Gasteiger partial charge in [0.25, 0.3) is 11.8 Å². The third kappa shape index (κ3) is 5.27. The molecule has 0 saturated heterocycles. The Balaban J connectivity index is 1.78. The highest BCUT2D eigenvalue weighted by Crippen LogP contribution is 2.07. The summed E-state index contributed by atoms with van der Waals surface area (Å²) >= 11 is 0. The molecule has 0 saturated carbocycles. The number of hydrogen-bond donors (Lipinski definition) is 2. The molecule has 134 valence electrons. The van der Waals surface area contributed by atoms with E-state index in [1.54, 1.807) is 42.5 Å². The minimum absolute atomic E-state index is 0.0756. The van der Waals surface area contributed by atoms with Crippen LogP contribution in [0.15, 0.2) is 94.3 Å². The Hall–Kier alpha value is -3.93. The van der Waals surface area contributed by atoms with Crippen molar-refractivity contribution in [3.05, 3.63) is 102 Å². The van der Waals surface area contributed by atoms with Crippen molar-refractivity contribution in [3.8, 4) is 0 Å². The Morgan fingerprint density at radius 3 is 2.26 bits per heavy atom. The average Bonchev–Trinajstić information content (AvgIpc) is 3.22. The molecule has 3 aromatic rings. The van der Waals surface area contributed by atoms with Crippen molar-refractivity contribution in [2.24, 2.45) is 5.10 Å². The first-order valence-corrected chi connectivity index (χ1v) is 8.22. The van der Waals surface area contributed by atoms with Crippen molar-refractivity contribution in [1.82, 2.24) is 10.7 Å². The zero-order valence-corrected chi connectivity index (χ0v) is 14.3. The molecule has 0 aliphatic rings. The van der Waals surface area contributed by atoms with E-state index in [-0.39, 0.29) is 11.6 Å². The number of nitrogens with zero attached hydrogens (tertiary/aromatic N) is 1. The van der Waals surface area contributed by atoms with Gasteiger partial charge in [-0.3, -0.25) is 9.59 Å². The Kier molecular flexibility index (Phi) is 5.93. The fourth-order valence-corrected chi connectivity index (χ4v) is 2.24. The Morgan fingerprint density at radius 2 is 1.59 bits per heavy atom. The van der Waals surface area contributed by atoms with Crippen molar-refractivity contribution < 1.29 is 14.0 Å². The van der Waals surface area contributed by atoms with Gasteiger partial charge in [-0.05, 0) is 35.9 Å². The van der Waals surface area contributed by atoms with Gasteiger partial charge < -0.3 is 9.73 Å². The molecule has 2 amide bonds. The maximum atomic E-state index is 12.5. The lowest BCUT2D eigenvalue weighted by molar-refractivity contribution is -0.117. The maximum absolute atomic E-state index is 12.5. The number of carbonyl (C=O) groups excluding carboxylic acids is 2. The smallest absolute Gasteiger partial charge is 0.287 e. The molecule has 3 rings (SSSR count). The second kappa shape index (κ2) is 8.96. The first-order valence-electron chi connectivity index (χ1n) is 8.22. The van der Waals surface area contributed by atoms with Gasteiger partial charge in [0.15, 0.2) is 0 Å². The van der Waals surface area contributed by atoms with E-state index in [0.717, 1.165) is 5.56 Å². The average molecular weight is 359 g/mol. The van der Waals surface area contributed by atoms with Crippen molar-refractivity contribution in [2.75, 3.05) is 0 Å². The number of amides is 2. The lowest BCUT2D eigenvalue weighted by atomic mass is 10.1. The zero-order valence-electron chi connectivity index (χ0n) is 14.3. The number of nitrogens with one attached hydrogen (secondary N) is 2. The Morgan fingerprint density at radius 1 is 0.889 bits per heavy atom. The second-order valence-corrected chi connectivity index (χ2v) is 5.50. The van der Waals surface area contributed by atoms with E-state index in [1.807, 2.05) is 36.4 Å². The van der Waals surface area contributed by atoms with Crippen LogP contribution < -0.4 is 10.7 Å². The third-order valence-electron chi connectivity index (χ3n) is 3.54. The quantitative estimate of drug-likeness (QED) is 0.403. The van der Waals surface area contributed by atoms with Crippen LogP contribution in [-0.4, -0.2) is 18.0 Å². The summed E-state index contributed by atoms with van der Waals surface area (Å²) in [5.74, 6) is -0.439. The van der Waals surface area contributed by atoms with Crippen molar-refractivity contribution >= 4 is 24.1 Å². The molecule has 0 fully saturated rings. The van der Waals surface area contributed by atoms with Gasteiger partial charge in [0.2, 0.25) is 0 Å². The molecule has 0 aliphatic heterocycles. The molecule has 0 aliphatic carbocycles. The van der Waals surface area contributed by atoms with Crippen LogP contribution in [0.4, 0.5) is 0 Å². The third-order valence-corrected chi connectivity index (χ3v) is 3.54. The van der Waals surface area contributed by atoms with Crippen LogP contribution in [0.5, 0.6) is 0 Å². The molecule has 6 nitrogen and oxygen atoms in total. The maximum Gasteiger partial charge on any atom is 0.287 e. The monoisotopic (exact) mass is 359 g/mol. The number of carbonyl (C=O) groups is 2. The SMILES string of the molecule is O=C(N/N=C/c1ccco1)/C(=C/c1ccccc1)NC(=O)c1ccccc1. The molecule has 0 atom stereocenters. The van der Waals surface area contributed by atoms with Crippen LogP contribution in [0.25, 0.3) is 6.08 Å². The predicted molar refractivity (Wildman–Crippen MR) is 103 cm³/mol. The molecule has 0 unspecified atom stereocenters. The lowest BCUT2D eigenvalue weighted by Gasteiger charge is -2.09. The topological polar surface area (TPSA) is 83.7 Å². The standard InChI is InChI=1S/C21H17N3O3/c25-20(17-10-5-2-6-11-17)23-19(14-16-8-3-1-4-9-16)21(26)24-22-15-18-12-7-13-27-18/h1-15H,(H,23,25)(H,24,26)/b19-14-,22-15+. The summed E-state index contributed by atoms with van der Waals surface area (Å²) < 4.78 is 5.11. The molecular weight excluding hydrogens is 342 g/mol. The minimum Gasteiger partial charge on any atom is -0.463 e. The molecule has 27 heavy (non-hydrogen) atoms. The molecule has 1 aromatic heterocycles. The summed E-state index contributed by atoms with van der Waals surface area (Å²) in [6.45, 7) is 0. The van der Waals surface area contributed by atoms with E-state index in [4.69, 9.17) is 4.42 Å². The normalized spacial score (nSPS) is 11.3. The van der Waals surface area contributed by atoms with Crippen molar-refractivity contribution in [1.29, 1.82) is 0 Å². The van der Waals surface area contributed by atoms with Gasteiger partial charge in [-0.1, -0.05) is 48.5 Å². The molecular formula is C21H17N3O3. The van der Waals surface area contributed by atoms with Crippen molar-refractivity contribution in [3.63, 3.8) is 0 Å². The number of hydrogen-bond acceptors (Lipinski definition) is 4. The van der Waals surface area contributed by atoms with E-state index in [0.29, 0.717) is 11.3 Å². The summed E-state index contributed by atoms with van der Waals surface area (Å²) in [6, 6.07) is 21.3. The van der Waals surface area contributed by atoms with E-state index in [1.165, 1.54) is 12.5 Å². The van der Waals surface area contributed by atoms with Gasteiger partial charge in [-0.2, -0.15) is 5.10 Å². The molecule has 2 N–H and O–H groups in total. The highest BCUT2D eigenvalue weighted by Gasteiger charge is 2.14. The van der Waals surface area contributed by atoms with E-state index in [2.05, 4.69) is 15.8 Å².